The van der Waals surface area contributed by atoms with E-state index in [-0.39, 0.29) is 9.84 Å². The average Bonchev–Trinajstić information content (AvgIpc) is 1.97. The fourth-order valence-electron chi connectivity index (χ4n) is 1.14. The Balaban J connectivity index is 2.08. The van der Waals surface area contributed by atoms with Crippen molar-refractivity contribution < 1.29 is 0 Å². The van der Waals surface area contributed by atoms with Crippen LogP contribution >= 0.6 is 22.6 Å². The van der Waals surface area contributed by atoms with Crippen LogP contribution < -0.4 is 0 Å². The Hall–Kier alpha value is 0.867. The van der Waals surface area contributed by atoms with E-state index in [0.29, 0.717) is 0 Å². The van der Waals surface area contributed by atoms with Crippen LogP contribution in [0.2, 0.25) is 0 Å². The predicted octanol–water partition coefficient (Wildman–Crippen LogP) is 0.751. The summed E-state index contributed by atoms with van der Waals surface area (Å²) in [6.45, 7) is 3.59. The zero-order valence-electron chi connectivity index (χ0n) is 6.68. The van der Waals surface area contributed by atoms with Crippen molar-refractivity contribution in [3.05, 3.63) is 0 Å². The zero-order chi connectivity index (χ0) is 7.56. The second-order valence-electron chi connectivity index (χ2n) is 2.87. The van der Waals surface area contributed by atoms with Crippen molar-refractivity contribution in [3.63, 3.8) is 0 Å². The van der Waals surface area contributed by atoms with E-state index in [1.807, 2.05) is 0 Å². The normalized spacial score (nSPS) is 30.9. The molecule has 2 nitrogen and oxygen atoms in total. The molecule has 60 valence electrons. The molecular formula is C6H15IN2Si. The molecule has 0 aromatic rings. The second kappa shape index (κ2) is 4.03. The van der Waals surface area contributed by atoms with Crippen molar-refractivity contribution in [2.75, 3.05) is 13.6 Å². The van der Waals surface area contributed by atoms with Crippen LogP contribution in [0.15, 0.2) is 0 Å². The maximum Gasteiger partial charge on any atom is 0.176 e. The molecule has 0 aromatic heterocycles. The lowest BCUT2D eigenvalue weighted by Crippen LogP contribution is -2.61. The lowest BCUT2D eigenvalue weighted by atomic mass is 10.3. The quantitative estimate of drug-likeness (QED) is 0.323. The summed E-state index contributed by atoms with van der Waals surface area (Å²) in [7, 11) is 2.26. The molecule has 10 heavy (non-hydrogen) atoms. The molecule has 0 bridgehead atoms. The van der Waals surface area contributed by atoms with Gasteiger partial charge < -0.3 is 0 Å². The van der Waals surface area contributed by atoms with Gasteiger partial charge in [-0.05, 0) is 42.6 Å². The fourth-order valence-corrected chi connectivity index (χ4v) is 3.89. The first-order valence-corrected chi connectivity index (χ1v) is 6.35. The minimum absolute atomic E-state index is 0.0347. The standard InChI is InChI=1S/C6H15IN2Si/c1-3-4-5-9-6(7)8(2)10-9/h6H,3-5,10H2,1-2H3. The van der Waals surface area contributed by atoms with Gasteiger partial charge in [-0.25, -0.2) is 0 Å². The third-order valence-corrected chi connectivity index (χ3v) is 6.91. The van der Waals surface area contributed by atoms with Gasteiger partial charge in [0.2, 0.25) is 0 Å². The average molecular weight is 270 g/mol. The van der Waals surface area contributed by atoms with E-state index >= 15 is 0 Å². The predicted molar refractivity (Wildman–Crippen MR) is 55.7 cm³/mol. The third-order valence-electron chi connectivity index (χ3n) is 1.87. The van der Waals surface area contributed by atoms with Crippen LogP contribution in [0.1, 0.15) is 19.8 Å². The van der Waals surface area contributed by atoms with Gasteiger partial charge in [0, 0.05) is 0 Å². The molecule has 0 aliphatic carbocycles. The molecule has 0 radical (unpaired) electrons. The Labute approximate surface area is 79.1 Å². The Morgan fingerprint density at radius 2 is 2.30 bits per heavy atom. The summed E-state index contributed by atoms with van der Waals surface area (Å²) in [5.41, 5.74) is 0. The monoisotopic (exact) mass is 270 g/mol. The molecule has 1 rings (SSSR count). The molecular weight excluding hydrogens is 255 g/mol. The van der Waals surface area contributed by atoms with Crippen molar-refractivity contribution in [2.45, 2.75) is 23.9 Å². The van der Waals surface area contributed by atoms with Crippen LogP contribution in [-0.2, 0) is 0 Å². The maximum absolute atomic E-state index is 2.63. The summed E-state index contributed by atoms with van der Waals surface area (Å²) in [5.74, 6) is 0. The number of unbranched alkanes of at least 4 members (excludes halogenated alkanes) is 1. The maximum atomic E-state index is 2.63. The van der Waals surface area contributed by atoms with Crippen LogP contribution in [0.3, 0.4) is 0 Å². The minimum Gasteiger partial charge on any atom is -0.296 e. The topological polar surface area (TPSA) is 6.48 Å². The highest BCUT2D eigenvalue weighted by Gasteiger charge is 2.30. The Bertz CT molecular complexity index is 112. The van der Waals surface area contributed by atoms with E-state index in [1.54, 1.807) is 0 Å². The molecule has 1 saturated heterocycles. The van der Waals surface area contributed by atoms with Crippen LogP contribution in [-0.4, -0.2) is 36.7 Å². The molecule has 0 saturated carbocycles. The summed E-state index contributed by atoms with van der Waals surface area (Å²) in [4.78, 5) is 0. The molecule has 1 aliphatic rings. The summed E-state index contributed by atoms with van der Waals surface area (Å²) in [6, 6.07) is 0. The minimum atomic E-state index is 0.0347. The number of alkyl halides is 1. The fraction of sp³-hybridized carbons (Fsp3) is 1.00. The van der Waals surface area contributed by atoms with Crippen LogP contribution in [0.4, 0.5) is 0 Å². The first-order chi connectivity index (χ1) is 4.75. The lowest BCUT2D eigenvalue weighted by molar-refractivity contribution is 0.210. The van der Waals surface area contributed by atoms with Crippen LogP contribution in [0.5, 0.6) is 0 Å². The van der Waals surface area contributed by atoms with Gasteiger partial charge in [0.15, 0.2) is 9.84 Å². The molecule has 0 aromatic carbocycles. The van der Waals surface area contributed by atoms with Gasteiger partial charge in [-0.1, -0.05) is 13.3 Å². The van der Waals surface area contributed by atoms with E-state index in [1.165, 1.54) is 19.4 Å². The first-order valence-electron chi connectivity index (χ1n) is 3.84. The molecule has 0 N–H and O–H groups in total. The van der Waals surface area contributed by atoms with Gasteiger partial charge in [0.1, 0.15) is 4.17 Å². The van der Waals surface area contributed by atoms with Gasteiger partial charge in [0.05, 0.1) is 0 Å². The Morgan fingerprint density at radius 1 is 1.60 bits per heavy atom. The van der Waals surface area contributed by atoms with Crippen molar-refractivity contribution in [1.82, 2.24) is 9.13 Å². The molecule has 1 heterocycles. The van der Waals surface area contributed by atoms with Crippen molar-refractivity contribution in [2.24, 2.45) is 0 Å². The highest BCUT2D eigenvalue weighted by Crippen LogP contribution is 2.20. The molecule has 1 aliphatic heterocycles. The smallest absolute Gasteiger partial charge is 0.176 e. The van der Waals surface area contributed by atoms with Crippen molar-refractivity contribution in [3.8, 4) is 0 Å². The van der Waals surface area contributed by atoms with Crippen molar-refractivity contribution in [1.29, 1.82) is 0 Å². The highest BCUT2D eigenvalue weighted by molar-refractivity contribution is 14.1. The van der Waals surface area contributed by atoms with E-state index in [0.717, 1.165) is 4.17 Å². The second-order valence-corrected chi connectivity index (χ2v) is 6.08. The number of hydrogen-bond acceptors (Lipinski definition) is 2. The van der Waals surface area contributed by atoms with E-state index in [4.69, 9.17) is 0 Å². The summed E-state index contributed by atoms with van der Waals surface area (Å²) >= 11 is 2.51. The van der Waals surface area contributed by atoms with Gasteiger partial charge in [-0.2, -0.15) is 0 Å². The molecule has 1 atom stereocenters. The van der Waals surface area contributed by atoms with Crippen molar-refractivity contribution >= 4 is 32.4 Å². The van der Waals surface area contributed by atoms with E-state index < -0.39 is 0 Å². The third kappa shape index (κ3) is 1.93. The number of halogens is 1. The molecule has 0 amide bonds. The molecule has 4 heteroatoms. The van der Waals surface area contributed by atoms with Crippen LogP contribution in [0.25, 0.3) is 0 Å². The molecule has 1 unspecified atom stereocenters. The summed E-state index contributed by atoms with van der Waals surface area (Å²) in [5, 5.41) is 0. The Kier molecular flexibility index (Phi) is 3.61. The first kappa shape index (κ1) is 8.96. The zero-order valence-corrected chi connectivity index (χ0v) is 10.2. The largest absolute Gasteiger partial charge is 0.296 e. The number of rotatable bonds is 3. The van der Waals surface area contributed by atoms with E-state index in [2.05, 4.69) is 45.7 Å². The number of hydrogen-bond donors (Lipinski definition) is 0. The SMILES string of the molecule is CCCCN1[SiH2]N(C)C1I. The van der Waals surface area contributed by atoms with Gasteiger partial charge in [-0.15, -0.1) is 0 Å². The summed E-state index contributed by atoms with van der Waals surface area (Å²) in [6.07, 6.45) is 2.71. The van der Waals surface area contributed by atoms with Crippen LogP contribution in [0, 0.1) is 0 Å². The number of nitrogens with zero attached hydrogens (tertiary/aromatic N) is 2. The van der Waals surface area contributed by atoms with E-state index in [9.17, 15) is 0 Å². The Morgan fingerprint density at radius 3 is 2.70 bits per heavy atom. The van der Waals surface area contributed by atoms with Gasteiger partial charge in [0.25, 0.3) is 0 Å². The lowest BCUT2D eigenvalue weighted by Gasteiger charge is -2.45. The highest BCUT2D eigenvalue weighted by atomic mass is 127. The van der Waals surface area contributed by atoms with Gasteiger partial charge in [-0.3, -0.25) is 9.13 Å². The molecule has 0 spiro atoms. The molecule has 1 fully saturated rings. The van der Waals surface area contributed by atoms with Gasteiger partial charge >= 0.3 is 0 Å². The summed E-state index contributed by atoms with van der Waals surface area (Å²) < 4.78 is 5.83.